The summed E-state index contributed by atoms with van der Waals surface area (Å²) >= 11 is 0. The summed E-state index contributed by atoms with van der Waals surface area (Å²) in [6, 6.07) is 0. The first kappa shape index (κ1) is 11.6. The second kappa shape index (κ2) is 4.52. The second-order valence-electron chi connectivity index (χ2n) is 4.00. The molecule has 0 amide bonds. The van der Waals surface area contributed by atoms with Gasteiger partial charge in [-0.25, -0.2) is 13.1 Å². The van der Waals surface area contributed by atoms with Gasteiger partial charge in [0.05, 0.1) is 11.4 Å². The molecule has 0 aliphatic carbocycles. The van der Waals surface area contributed by atoms with E-state index in [1.165, 1.54) is 0 Å². The van der Waals surface area contributed by atoms with Gasteiger partial charge in [0, 0.05) is 31.9 Å². The molecule has 0 radical (unpaired) electrons. The van der Waals surface area contributed by atoms with Crippen LogP contribution in [-0.2, 0) is 23.6 Å². The van der Waals surface area contributed by atoms with E-state index in [-0.39, 0.29) is 5.25 Å². The Morgan fingerprint density at radius 3 is 3.06 bits per heavy atom. The van der Waals surface area contributed by atoms with Gasteiger partial charge in [-0.15, -0.1) is 0 Å². The molecular formula is C9H16N4O2S. The summed E-state index contributed by atoms with van der Waals surface area (Å²) in [7, 11) is -1.39. The minimum absolute atomic E-state index is 0.302. The van der Waals surface area contributed by atoms with Gasteiger partial charge in [0.1, 0.15) is 0 Å². The van der Waals surface area contributed by atoms with Gasteiger partial charge in [-0.3, -0.25) is 4.68 Å². The average Bonchev–Trinajstić information content (AvgIpc) is 2.85. The zero-order valence-corrected chi connectivity index (χ0v) is 10.00. The smallest absolute Gasteiger partial charge is 0.216 e. The predicted octanol–water partition coefficient (Wildman–Crippen LogP) is -0.799. The van der Waals surface area contributed by atoms with Crippen molar-refractivity contribution in [1.82, 2.24) is 19.8 Å². The molecule has 90 valence electrons. The third-order valence-corrected chi connectivity index (χ3v) is 4.52. The van der Waals surface area contributed by atoms with Gasteiger partial charge in [0.15, 0.2) is 0 Å². The molecule has 1 unspecified atom stereocenters. The summed E-state index contributed by atoms with van der Waals surface area (Å²) < 4.78 is 27.9. The van der Waals surface area contributed by atoms with Crippen LogP contribution >= 0.6 is 0 Å². The first-order valence-corrected chi connectivity index (χ1v) is 6.79. The maximum absolute atomic E-state index is 11.8. The zero-order chi connectivity index (χ0) is 11.6. The predicted molar refractivity (Wildman–Crippen MR) is 60.2 cm³/mol. The van der Waals surface area contributed by atoms with Crippen molar-refractivity contribution in [2.75, 3.05) is 13.1 Å². The molecule has 1 fully saturated rings. The number of sulfonamides is 1. The van der Waals surface area contributed by atoms with E-state index in [1.807, 2.05) is 0 Å². The van der Waals surface area contributed by atoms with Crippen LogP contribution in [0.3, 0.4) is 0 Å². The lowest BCUT2D eigenvalue weighted by atomic mass is 10.4. The van der Waals surface area contributed by atoms with Gasteiger partial charge in [0.25, 0.3) is 0 Å². The van der Waals surface area contributed by atoms with E-state index < -0.39 is 10.0 Å². The van der Waals surface area contributed by atoms with Crippen LogP contribution < -0.4 is 10.0 Å². The highest BCUT2D eigenvalue weighted by molar-refractivity contribution is 7.90. The molecule has 2 N–H and O–H groups in total. The van der Waals surface area contributed by atoms with Gasteiger partial charge in [-0.1, -0.05) is 0 Å². The molecule has 16 heavy (non-hydrogen) atoms. The van der Waals surface area contributed by atoms with E-state index in [9.17, 15) is 8.42 Å². The summed E-state index contributed by atoms with van der Waals surface area (Å²) in [6.07, 6.45) is 4.15. The maximum Gasteiger partial charge on any atom is 0.216 e. The van der Waals surface area contributed by atoms with Crippen LogP contribution in [0.4, 0.5) is 0 Å². The summed E-state index contributed by atoms with van der Waals surface area (Å²) in [4.78, 5) is 0. The van der Waals surface area contributed by atoms with Crippen molar-refractivity contribution in [1.29, 1.82) is 0 Å². The first-order chi connectivity index (χ1) is 7.58. The van der Waals surface area contributed by atoms with Crippen LogP contribution in [0, 0.1) is 0 Å². The highest BCUT2D eigenvalue weighted by atomic mass is 32.2. The lowest BCUT2D eigenvalue weighted by Gasteiger charge is -2.10. The van der Waals surface area contributed by atoms with Gasteiger partial charge >= 0.3 is 0 Å². The molecule has 1 aliphatic heterocycles. The summed E-state index contributed by atoms with van der Waals surface area (Å²) in [6.45, 7) is 1.63. The lowest BCUT2D eigenvalue weighted by molar-refractivity contribution is 0.567. The fourth-order valence-electron chi connectivity index (χ4n) is 1.76. The minimum atomic E-state index is -3.20. The monoisotopic (exact) mass is 244 g/mol. The Morgan fingerprint density at radius 1 is 1.69 bits per heavy atom. The molecule has 0 bridgehead atoms. The number of rotatable bonds is 4. The molecular weight excluding hydrogens is 228 g/mol. The molecule has 7 heteroatoms. The maximum atomic E-state index is 11.8. The molecule has 1 aliphatic rings. The largest absolute Gasteiger partial charge is 0.315 e. The van der Waals surface area contributed by atoms with Crippen LogP contribution in [0.2, 0.25) is 0 Å². The molecule has 0 saturated carbocycles. The third-order valence-electron chi connectivity index (χ3n) is 2.69. The Kier molecular flexibility index (Phi) is 3.27. The summed E-state index contributed by atoms with van der Waals surface area (Å²) in [5.41, 5.74) is 0.872. The standard InChI is InChI=1S/C9H16N4O2S/c1-13-7-8(4-11-13)5-12-16(14,15)9-2-3-10-6-9/h4,7,9-10,12H,2-3,5-6H2,1H3. The van der Waals surface area contributed by atoms with Crippen LogP contribution in [0.1, 0.15) is 12.0 Å². The van der Waals surface area contributed by atoms with Crippen molar-refractivity contribution in [3.8, 4) is 0 Å². The molecule has 2 rings (SSSR count). The Bertz CT molecular complexity index is 448. The van der Waals surface area contributed by atoms with Gasteiger partial charge < -0.3 is 5.32 Å². The van der Waals surface area contributed by atoms with Crippen molar-refractivity contribution >= 4 is 10.0 Å². The van der Waals surface area contributed by atoms with Crippen molar-refractivity contribution in [2.24, 2.45) is 7.05 Å². The summed E-state index contributed by atoms with van der Waals surface area (Å²) in [5.74, 6) is 0. The zero-order valence-electron chi connectivity index (χ0n) is 9.18. The number of hydrogen-bond acceptors (Lipinski definition) is 4. The molecule has 1 aromatic heterocycles. The molecule has 6 nitrogen and oxygen atoms in total. The van der Waals surface area contributed by atoms with Crippen molar-refractivity contribution in [2.45, 2.75) is 18.2 Å². The van der Waals surface area contributed by atoms with E-state index in [0.29, 0.717) is 19.5 Å². The normalized spacial score (nSPS) is 21.4. The molecule has 0 spiro atoms. The highest BCUT2D eigenvalue weighted by Crippen LogP contribution is 2.09. The topological polar surface area (TPSA) is 76.0 Å². The average molecular weight is 244 g/mol. The fourth-order valence-corrected chi connectivity index (χ4v) is 3.13. The number of hydrogen-bond donors (Lipinski definition) is 2. The van der Waals surface area contributed by atoms with E-state index in [4.69, 9.17) is 0 Å². The molecule has 0 aromatic carbocycles. The Morgan fingerprint density at radius 2 is 2.50 bits per heavy atom. The first-order valence-electron chi connectivity index (χ1n) is 5.24. The minimum Gasteiger partial charge on any atom is -0.315 e. The second-order valence-corrected chi connectivity index (χ2v) is 6.05. The van der Waals surface area contributed by atoms with Crippen molar-refractivity contribution < 1.29 is 8.42 Å². The Hall–Kier alpha value is -0.920. The van der Waals surface area contributed by atoms with Crippen LogP contribution in [0.15, 0.2) is 12.4 Å². The molecule has 1 saturated heterocycles. The third kappa shape index (κ3) is 2.60. The number of aromatic nitrogens is 2. The van der Waals surface area contributed by atoms with Crippen LogP contribution in [-0.4, -0.2) is 36.5 Å². The highest BCUT2D eigenvalue weighted by Gasteiger charge is 2.27. The van der Waals surface area contributed by atoms with Crippen molar-refractivity contribution in [3.63, 3.8) is 0 Å². The van der Waals surface area contributed by atoms with Crippen molar-refractivity contribution in [3.05, 3.63) is 18.0 Å². The van der Waals surface area contributed by atoms with Gasteiger partial charge in [-0.2, -0.15) is 5.10 Å². The SMILES string of the molecule is Cn1cc(CNS(=O)(=O)C2CCNC2)cn1. The fraction of sp³-hybridized carbons (Fsp3) is 0.667. The van der Waals surface area contributed by atoms with E-state index in [2.05, 4.69) is 15.1 Å². The van der Waals surface area contributed by atoms with E-state index in [1.54, 1.807) is 24.1 Å². The number of nitrogens with one attached hydrogen (secondary N) is 2. The molecule has 2 heterocycles. The lowest BCUT2D eigenvalue weighted by Crippen LogP contribution is -2.35. The van der Waals surface area contributed by atoms with Crippen LogP contribution in [0.5, 0.6) is 0 Å². The summed E-state index contributed by atoms with van der Waals surface area (Å²) in [5, 5.41) is 6.73. The Balaban J connectivity index is 1.94. The van der Waals surface area contributed by atoms with Crippen LogP contribution in [0.25, 0.3) is 0 Å². The number of aryl methyl sites for hydroxylation is 1. The van der Waals surface area contributed by atoms with Gasteiger partial charge in [0.2, 0.25) is 10.0 Å². The quantitative estimate of drug-likeness (QED) is 0.727. The number of nitrogens with zero attached hydrogens (tertiary/aromatic N) is 2. The van der Waals surface area contributed by atoms with Gasteiger partial charge in [-0.05, 0) is 13.0 Å². The Labute approximate surface area is 95.1 Å². The molecule has 1 atom stereocenters. The van der Waals surface area contributed by atoms with E-state index >= 15 is 0 Å². The molecule has 1 aromatic rings. The van der Waals surface area contributed by atoms with E-state index in [0.717, 1.165) is 12.1 Å².